The van der Waals surface area contributed by atoms with Gasteiger partial charge in [-0.05, 0) is 43.9 Å². The summed E-state index contributed by atoms with van der Waals surface area (Å²) in [6, 6.07) is 8.73. The molecule has 0 unspecified atom stereocenters. The summed E-state index contributed by atoms with van der Waals surface area (Å²) in [5.41, 5.74) is 3.93. The number of pyridine rings is 1. The van der Waals surface area contributed by atoms with Crippen molar-refractivity contribution in [2.75, 3.05) is 36.5 Å². The molecule has 0 bridgehead atoms. The van der Waals surface area contributed by atoms with E-state index in [2.05, 4.69) is 43.4 Å². The molecule has 0 spiro atoms. The molecule has 2 fully saturated rings. The van der Waals surface area contributed by atoms with Gasteiger partial charge in [0.2, 0.25) is 0 Å². The van der Waals surface area contributed by atoms with Gasteiger partial charge in [-0.15, -0.1) is 0 Å². The van der Waals surface area contributed by atoms with E-state index in [1.54, 1.807) is 18.6 Å². The summed E-state index contributed by atoms with van der Waals surface area (Å²) >= 11 is 0. The summed E-state index contributed by atoms with van der Waals surface area (Å²) in [7, 11) is 0. The summed E-state index contributed by atoms with van der Waals surface area (Å²) in [5.74, 6) is 0.839. The van der Waals surface area contributed by atoms with E-state index in [0.29, 0.717) is 6.04 Å². The van der Waals surface area contributed by atoms with E-state index in [0.717, 1.165) is 80.1 Å². The highest BCUT2D eigenvalue weighted by Crippen LogP contribution is 2.33. The minimum Gasteiger partial charge on any atom is -0.488 e. The van der Waals surface area contributed by atoms with Crippen LogP contribution in [0.5, 0.6) is 5.75 Å². The maximum absolute atomic E-state index is 6.50. The highest BCUT2D eigenvalue weighted by Gasteiger charge is 2.24. The number of ether oxygens (including phenoxy) is 2. The predicted octanol–water partition coefficient (Wildman–Crippen LogP) is 3.66. The molecule has 1 saturated carbocycles. The standard InChI is InChI=1S/C23H27N5O2/c1-2-18(16-24-7-1)27-17-3-5-20(6-4-17)30-22-15-19(28-10-12-29-13-11-28)14-21-23(22)26-9-8-25-21/h1-2,7-9,14-17,20,27H,3-6,10-13H2. The number of rotatable bonds is 5. The third-order valence-electron chi connectivity index (χ3n) is 5.90. The molecule has 1 aliphatic heterocycles. The molecule has 1 aliphatic carbocycles. The van der Waals surface area contributed by atoms with Gasteiger partial charge in [-0.3, -0.25) is 9.97 Å². The van der Waals surface area contributed by atoms with Gasteiger partial charge in [-0.1, -0.05) is 0 Å². The number of fused-ring (bicyclic) bond motifs is 1. The molecule has 7 heteroatoms. The van der Waals surface area contributed by atoms with Crippen LogP contribution >= 0.6 is 0 Å². The van der Waals surface area contributed by atoms with Gasteiger partial charge in [0, 0.05) is 55.7 Å². The molecular formula is C23H27N5O2. The molecule has 0 atom stereocenters. The van der Waals surface area contributed by atoms with E-state index in [1.807, 2.05) is 12.3 Å². The lowest BCUT2D eigenvalue weighted by atomic mass is 9.92. The SMILES string of the molecule is c1cncc(NC2CCC(Oc3cc(N4CCOCC4)cc4nccnc34)CC2)c1. The van der Waals surface area contributed by atoms with Crippen LogP contribution in [0.4, 0.5) is 11.4 Å². The Morgan fingerprint density at radius 3 is 2.63 bits per heavy atom. The Morgan fingerprint density at radius 2 is 1.83 bits per heavy atom. The van der Waals surface area contributed by atoms with Crippen molar-refractivity contribution >= 4 is 22.4 Å². The van der Waals surface area contributed by atoms with Crippen LogP contribution in [0.15, 0.2) is 49.1 Å². The second kappa shape index (κ2) is 8.83. The molecule has 1 saturated heterocycles. The number of nitrogens with zero attached hydrogens (tertiary/aromatic N) is 4. The quantitative estimate of drug-likeness (QED) is 0.694. The molecule has 3 heterocycles. The van der Waals surface area contributed by atoms with E-state index in [1.165, 1.54) is 0 Å². The third-order valence-corrected chi connectivity index (χ3v) is 5.90. The Morgan fingerprint density at radius 1 is 1.00 bits per heavy atom. The number of nitrogens with one attached hydrogen (secondary N) is 1. The lowest BCUT2D eigenvalue weighted by molar-refractivity contribution is 0.122. The van der Waals surface area contributed by atoms with Crippen molar-refractivity contribution in [1.82, 2.24) is 15.0 Å². The van der Waals surface area contributed by atoms with Crippen molar-refractivity contribution in [3.8, 4) is 5.75 Å². The normalized spacial score (nSPS) is 22.1. The van der Waals surface area contributed by atoms with Crippen LogP contribution in [0.25, 0.3) is 11.0 Å². The highest BCUT2D eigenvalue weighted by molar-refractivity contribution is 5.85. The topological polar surface area (TPSA) is 72.4 Å². The molecule has 156 valence electrons. The fourth-order valence-corrected chi connectivity index (χ4v) is 4.31. The molecule has 1 aromatic carbocycles. The molecule has 3 aromatic rings. The molecule has 5 rings (SSSR count). The van der Waals surface area contributed by atoms with Crippen LogP contribution in [0, 0.1) is 0 Å². The number of hydrogen-bond acceptors (Lipinski definition) is 7. The molecule has 2 aromatic heterocycles. The van der Waals surface area contributed by atoms with Gasteiger partial charge in [0.15, 0.2) is 0 Å². The fourth-order valence-electron chi connectivity index (χ4n) is 4.31. The summed E-state index contributed by atoms with van der Waals surface area (Å²) < 4.78 is 12.0. The lowest BCUT2D eigenvalue weighted by Crippen LogP contribution is -2.36. The number of aromatic nitrogens is 3. The van der Waals surface area contributed by atoms with Crippen molar-refractivity contribution in [3.63, 3.8) is 0 Å². The van der Waals surface area contributed by atoms with Crippen LogP contribution in [0.1, 0.15) is 25.7 Å². The first-order valence-corrected chi connectivity index (χ1v) is 10.8. The fraction of sp³-hybridized carbons (Fsp3) is 0.435. The van der Waals surface area contributed by atoms with Gasteiger partial charge >= 0.3 is 0 Å². The van der Waals surface area contributed by atoms with Crippen molar-refractivity contribution in [2.45, 2.75) is 37.8 Å². The Hall–Kier alpha value is -2.93. The summed E-state index contributed by atoms with van der Waals surface area (Å²) in [4.78, 5) is 15.6. The Balaban J connectivity index is 1.29. The predicted molar refractivity (Wildman–Crippen MR) is 117 cm³/mol. The number of morpholine rings is 1. The molecule has 30 heavy (non-hydrogen) atoms. The van der Waals surface area contributed by atoms with Crippen LogP contribution in [0.3, 0.4) is 0 Å². The zero-order valence-electron chi connectivity index (χ0n) is 17.0. The molecule has 1 N–H and O–H groups in total. The van der Waals surface area contributed by atoms with Crippen molar-refractivity contribution < 1.29 is 9.47 Å². The zero-order chi connectivity index (χ0) is 20.2. The number of hydrogen-bond donors (Lipinski definition) is 1. The minimum atomic E-state index is 0.196. The van der Waals surface area contributed by atoms with Crippen LogP contribution in [-0.2, 0) is 4.74 Å². The maximum Gasteiger partial charge on any atom is 0.149 e. The lowest BCUT2D eigenvalue weighted by Gasteiger charge is -2.31. The van der Waals surface area contributed by atoms with Gasteiger partial charge in [-0.25, -0.2) is 4.98 Å². The smallest absolute Gasteiger partial charge is 0.149 e. The Kier molecular flexibility index (Phi) is 5.61. The minimum absolute atomic E-state index is 0.196. The van der Waals surface area contributed by atoms with E-state index in [-0.39, 0.29) is 6.10 Å². The van der Waals surface area contributed by atoms with Crippen LogP contribution < -0.4 is 15.0 Å². The van der Waals surface area contributed by atoms with Gasteiger partial charge in [0.25, 0.3) is 0 Å². The van der Waals surface area contributed by atoms with Gasteiger partial charge in [0.1, 0.15) is 11.3 Å². The summed E-state index contributed by atoms with van der Waals surface area (Å²) in [6.45, 7) is 3.28. The largest absolute Gasteiger partial charge is 0.488 e. The van der Waals surface area contributed by atoms with Crippen LogP contribution in [0.2, 0.25) is 0 Å². The molecular weight excluding hydrogens is 378 g/mol. The van der Waals surface area contributed by atoms with Gasteiger partial charge < -0.3 is 19.7 Å². The second-order valence-electron chi connectivity index (χ2n) is 7.94. The first-order valence-electron chi connectivity index (χ1n) is 10.8. The van der Waals surface area contributed by atoms with E-state index in [9.17, 15) is 0 Å². The van der Waals surface area contributed by atoms with Crippen molar-refractivity contribution in [1.29, 1.82) is 0 Å². The molecule has 0 radical (unpaired) electrons. The van der Waals surface area contributed by atoms with E-state index in [4.69, 9.17) is 9.47 Å². The average Bonchev–Trinajstić information content (AvgIpc) is 2.81. The van der Waals surface area contributed by atoms with Crippen LogP contribution in [-0.4, -0.2) is 53.4 Å². The number of anilines is 2. The molecule has 2 aliphatic rings. The zero-order valence-corrected chi connectivity index (χ0v) is 17.0. The summed E-state index contributed by atoms with van der Waals surface area (Å²) in [6.07, 6.45) is 11.5. The monoisotopic (exact) mass is 405 g/mol. The summed E-state index contributed by atoms with van der Waals surface area (Å²) in [5, 5.41) is 3.59. The van der Waals surface area contributed by atoms with E-state index >= 15 is 0 Å². The van der Waals surface area contributed by atoms with E-state index < -0.39 is 0 Å². The number of benzene rings is 1. The van der Waals surface area contributed by atoms with Crippen molar-refractivity contribution in [2.24, 2.45) is 0 Å². The molecule has 7 nitrogen and oxygen atoms in total. The second-order valence-corrected chi connectivity index (χ2v) is 7.94. The van der Waals surface area contributed by atoms with Gasteiger partial charge in [0.05, 0.1) is 30.5 Å². The molecule has 0 amide bonds. The highest BCUT2D eigenvalue weighted by atomic mass is 16.5. The maximum atomic E-state index is 6.50. The Bertz CT molecular complexity index is 970. The first-order chi connectivity index (χ1) is 14.8. The first kappa shape index (κ1) is 19.1. The third kappa shape index (κ3) is 4.31. The van der Waals surface area contributed by atoms with Crippen molar-refractivity contribution in [3.05, 3.63) is 49.1 Å². The van der Waals surface area contributed by atoms with Gasteiger partial charge in [-0.2, -0.15) is 0 Å². The Labute approximate surface area is 176 Å². The average molecular weight is 406 g/mol.